The van der Waals surface area contributed by atoms with E-state index in [1.165, 1.54) is 11.8 Å². The molecule has 1 heterocycles. The van der Waals surface area contributed by atoms with E-state index in [0.29, 0.717) is 28.9 Å². The number of anilines is 1. The van der Waals surface area contributed by atoms with Gasteiger partial charge in [0, 0.05) is 6.54 Å². The number of benzene rings is 2. The maximum absolute atomic E-state index is 12.4. The van der Waals surface area contributed by atoms with Crippen LogP contribution >= 0.6 is 11.8 Å². The van der Waals surface area contributed by atoms with E-state index in [0.717, 1.165) is 5.56 Å². The zero-order valence-electron chi connectivity index (χ0n) is 15.0. The molecule has 27 heavy (non-hydrogen) atoms. The van der Waals surface area contributed by atoms with Crippen LogP contribution in [0.4, 0.5) is 5.69 Å². The molecule has 0 bridgehead atoms. The Bertz CT molecular complexity index is 922. The van der Waals surface area contributed by atoms with E-state index in [2.05, 4.69) is 22.1 Å². The van der Waals surface area contributed by atoms with Crippen LogP contribution in [-0.2, 0) is 11.3 Å². The number of hydrogen-bond donors (Lipinski definition) is 1. The molecule has 7 heteroatoms. The number of ether oxygens (including phenoxy) is 1. The van der Waals surface area contributed by atoms with Crippen molar-refractivity contribution >= 4 is 23.4 Å². The number of hydrogen-bond acceptors (Lipinski definition) is 5. The number of carbonyl (C=O) groups excluding carboxylic acids is 1. The van der Waals surface area contributed by atoms with Crippen molar-refractivity contribution in [2.75, 3.05) is 11.1 Å². The smallest absolute Gasteiger partial charge is 0.234 e. The molecular weight excluding hydrogens is 360 g/mol. The van der Waals surface area contributed by atoms with Gasteiger partial charge in [0.25, 0.3) is 0 Å². The van der Waals surface area contributed by atoms with Crippen molar-refractivity contribution in [3.05, 3.63) is 73.1 Å². The first-order valence-electron chi connectivity index (χ1n) is 8.40. The van der Waals surface area contributed by atoms with Crippen molar-refractivity contribution in [2.45, 2.75) is 18.6 Å². The molecule has 3 aromatic rings. The number of rotatable bonds is 8. The molecule has 0 radical (unpaired) electrons. The van der Waals surface area contributed by atoms with E-state index in [9.17, 15) is 4.79 Å². The molecule has 3 rings (SSSR count). The molecule has 138 valence electrons. The first-order valence-corrected chi connectivity index (χ1v) is 9.39. The van der Waals surface area contributed by atoms with Gasteiger partial charge in [-0.15, -0.1) is 16.8 Å². The molecule has 1 amide bonds. The van der Waals surface area contributed by atoms with E-state index in [1.807, 2.05) is 60.0 Å². The predicted octanol–water partition coefficient (Wildman–Crippen LogP) is 4.30. The van der Waals surface area contributed by atoms with Crippen LogP contribution in [0.1, 0.15) is 5.56 Å². The van der Waals surface area contributed by atoms with E-state index in [-0.39, 0.29) is 11.7 Å². The van der Waals surface area contributed by atoms with Gasteiger partial charge < -0.3 is 14.6 Å². The van der Waals surface area contributed by atoms with E-state index >= 15 is 0 Å². The molecule has 2 aromatic carbocycles. The summed E-state index contributed by atoms with van der Waals surface area (Å²) < 4.78 is 7.74. The Balaban J connectivity index is 1.63. The fourth-order valence-corrected chi connectivity index (χ4v) is 3.05. The Labute approximate surface area is 162 Å². The van der Waals surface area contributed by atoms with Crippen LogP contribution in [0, 0.1) is 6.92 Å². The van der Waals surface area contributed by atoms with Gasteiger partial charge in [-0.1, -0.05) is 47.7 Å². The average molecular weight is 380 g/mol. The number of thioether (sulfide) groups is 1. The molecule has 0 aliphatic rings. The summed E-state index contributed by atoms with van der Waals surface area (Å²) in [4.78, 5) is 12.4. The summed E-state index contributed by atoms with van der Waals surface area (Å²) in [5, 5.41) is 11.4. The maximum atomic E-state index is 12.4. The monoisotopic (exact) mass is 380 g/mol. The third kappa shape index (κ3) is 5.21. The minimum atomic E-state index is -0.145. The first-order chi connectivity index (χ1) is 13.2. The van der Waals surface area contributed by atoms with Crippen LogP contribution in [-0.4, -0.2) is 26.4 Å². The van der Waals surface area contributed by atoms with Crippen LogP contribution in [0.5, 0.6) is 11.5 Å². The summed E-state index contributed by atoms with van der Waals surface area (Å²) >= 11 is 1.32. The van der Waals surface area contributed by atoms with Gasteiger partial charge in [-0.05, 0) is 31.2 Å². The molecule has 6 nitrogen and oxygen atoms in total. The van der Waals surface area contributed by atoms with Gasteiger partial charge in [0.05, 0.1) is 11.4 Å². The van der Waals surface area contributed by atoms with Crippen LogP contribution in [0.3, 0.4) is 0 Å². The Hall–Kier alpha value is -3.06. The van der Waals surface area contributed by atoms with Crippen molar-refractivity contribution in [3.8, 4) is 11.5 Å². The number of allylic oxidation sites excluding steroid dienone is 1. The highest BCUT2D eigenvalue weighted by Crippen LogP contribution is 2.29. The minimum Gasteiger partial charge on any atom is -0.455 e. The topological polar surface area (TPSA) is 69.0 Å². The fraction of sp³-hybridized carbons (Fsp3) is 0.150. The molecule has 0 fully saturated rings. The first kappa shape index (κ1) is 18.7. The summed E-state index contributed by atoms with van der Waals surface area (Å²) in [6, 6.07) is 15.1. The summed E-state index contributed by atoms with van der Waals surface area (Å²) in [5.41, 5.74) is 1.78. The molecule has 0 atom stereocenters. The number of aromatic nitrogens is 3. The van der Waals surface area contributed by atoms with E-state index < -0.39 is 0 Å². The second-order valence-electron chi connectivity index (χ2n) is 5.80. The number of aryl methyl sites for hydroxylation is 1. The van der Waals surface area contributed by atoms with Gasteiger partial charge in [0.2, 0.25) is 5.91 Å². The fourth-order valence-electron chi connectivity index (χ4n) is 2.33. The third-order valence-corrected chi connectivity index (χ3v) is 4.63. The van der Waals surface area contributed by atoms with Crippen molar-refractivity contribution in [1.29, 1.82) is 0 Å². The van der Waals surface area contributed by atoms with Gasteiger partial charge in [0.15, 0.2) is 10.9 Å². The van der Waals surface area contributed by atoms with Gasteiger partial charge in [-0.3, -0.25) is 4.79 Å². The van der Waals surface area contributed by atoms with E-state index in [1.54, 1.807) is 12.4 Å². The summed E-state index contributed by atoms with van der Waals surface area (Å²) in [6.07, 6.45) is 3.37. The summed E-state index contributed by atoms with van der Waals surface area (Å²) in [6.45, 7) is 6.32. The van der Waals surface area contributed by atoms with Gasteiger partial charge >= 0.3 is 0 Å². The SMILES string of the molecule is C=CCn1cnnc1SCC(=O)Nc1ccccc1Oc1ccc(C)cc1. The lowest BCUT2D eigenvalue weighted by atomic mass is 10.2. The molecule has 0 saturated carbocycles. The maximum Gasteiger partial charge on any atom is 0.234 e. The van der Waals surface area contributed by atoms with Crippen molar-refractivity contribution in [2.24, 2.45) is 0 Å². The van der Waals surface area contributed by atoms with Crippen molar-refractivity contribution in [3.63, 3.8) is 0 Å². The second kappa shape index (κ2) is 9.05. The van der Waals surface area contributed by atoms with Crippen molar-refractivity contribution < 1.29 is 9.53 Å². The van der Waals surface area contributed by atoms with Gasteiger partial charge in [-0.25, -0.2) is 0 Å². The molecular formula is C20H20N4O2S. The zero-order chi connectivity index (χ0) is 19.1. The van der Waals surface area contributed by atoms with Crippen LogP contribution in [0.25, 0.3) is 0 Å². The van der Waals surface area contributed by atoms with Gasteiger partial charge in [0.1, 0.15) is 12.1 Å². The average Bonchev–Trinajstić information content (AvgIpc) is 3.11. The Morgan fingerprint density at radius 3 is 2.81 bits per heavy atom. The number of nitrogens with zero attached hydrogens (tertiary/aromatic N) is 3. The molecule has 0 saturated heterocycles. The van der Waals surface area contributed by atoms with Crippen LogP contribution < -0.4 is 10.1 Å². The number of amides is 1. The Kier molecular flexibility index (Phi) is 6.27. The molecule has 0 unspecified atom stereocenters. The summed E-state index contributed by atoms with van der Waals surface area (Å²) in [7, 11) is 0. The lowest BCUT2D eigenvalue weighted by Crippen LogP contribution is -2.15. The predicted molar refractivity (Wildman–Crippen MR) is 107 cm³/mol. The van der Waals surface area contributed by atoms with E-state index in [4.69, 9.17) is 4.74 Å². The number of carbonyl (C=O) groups is 1. The highest BCUT2D eigenvalue weighted by atomic mass is 32.2. The molecule has 0 aliphatic heterocycles. The number of nitrogens with one attached hydrogen (secondary N) is 1. The lowest BCUT2D eigenvalue weighted by molar-refractivity contribution is -0.113. The second-order valence-corrected chi connectivity index (χ2v) is 6.75. The normalized spacial score (nSPS) is 10.4. The van der Waals surface area contributed by atoms with Crippen LogP contribution in [0.15, 0.2) is 72.7 Å². The largest absolute Gasteiger partial charge is 0.455 e. The Morgan fingerprint density at radius 2 is 2.04 bits per heavy atom. The molecule has 0 spiro atoms. The van der Waals surface area contributed by atoms with Crippen LogP contribution in [0.2, 0.25) is 0 Å². The highest BCUT2D eigenvalue weighted by Gasteiger charge is 2.11. The summed E-state index contributed by atoms with van der Waals surface area (Å²) in [5.74, 6) is 1.38. The Morgan fingerprint density at radius 1 is 1.26 bits per heavy atom. The molecule has 1 N–H and O–H groups in total. The zero-order valence-corrected chi connectivity index (χ0v) is 15.8. The molecule has 1 aromatic heterocycles. The molecule has 0 aliphatic carbocycles. The minimum absolute atomic E-state index is 0.145. The highest BCUT2D eigenvalue weighted by molar-refractivity contribution is 7.99. The quantitative estimate of drug-likeness (QED) is 0.466. The number of para-hydroxylation sites is 2. The lowest BCUT2D eigenvalue weighted by Gasteiger charge is -2.12. The van der Waals surface area contributed by atoms with Gasteiger partial charge in [-0.2, -0.15) is 0 Å². The standard InChI is InChI=1S/C20H20N4O2S/c1-3-12-24-14-21-23-20(24)27-13-19(25)22-17-6-4-5-7-18(17)26-16-10-8-15(2)9-11-16/h3-11,14H,1,12-13H2,2H3,(H,22,25). The van der Waals surface area contributed by atoms with Crippen molar-refractivity contribution in [1.82, 2.24) is 14.8 Å². The third-order valence-electron chi connectivity index (χ3n) is 3.65.